The number of rotatable bonds is 3. The fourth-order valence-electron chi connectivity index (χ4n) is 1.81. The first-order chi connectivity index (χ1) is 8.95. The predicted molar refractivity (Wildman–Crippen MR) is 74.9 cm³/mol. The van der Waals surface area contributed by atoms with Gasteiger partial charge < -0.3 is 5.32 Å². The van der Waals surface area contributed by atoms with E-state index in [2.05, 4.69) is 5.32 Å². The van der Waals surface area contributed by atoms with Crippen molar-refractivity contribution in [2.24, 2.45) is 0 Å². The number of anilines is 1. The molecule has 1 atom stereocenters. The first-order valence-corrected chi connectivity index (χ1v) is 6.39. The van der Waals surface area contributed by atoms with Crippen LogP contribution in [0.25, 0.3) is 0 Å². The van der Waals surface area contributed by atoms with Crippen LogP contribution >= 0.6 is 23.2 Å². The standard InChI is InChI=1S/C14H11Cl2F2N/c1-8(13-4-9(15)2-3-14(13)16)19-12-6-10(17)5-11(18)7-12/h2-8,19H,1H3. The molecule has 0 saturated heterocycles. The van der Waals surface area contributed by atoms with E-state index in [1.807, 2.05) is 6.92 Å². The third-order valence-corrected chi connectivity index (χ3v) is 3.25. The molecule has 0 aromatic heterocycles. The molecule has 0 fully saturated rings. The average Bonchev–Trinajstić information content (AvgIpc) is 2.30. The quantitative estimate of drug-likeness (QED) is 0.795. The fourth-order valence-corrected chi connectivity index (χ4v) is 2.27. The molecule has 19 heavy (non-hydrogen) atoms. The van der Waals surface area contributed by atoms with Gasteiger partial charge in [0, 0.05) is 21.8 Å². The van der Waals surface area contributed by atoms with E-state index in [9.17, 15) is 8.78 Å². The lowest BCUT2D eigenvalue weighted by Gasteiger charge is -2.17. The number of benzene rings is 2. The highest BCUT2D eigenvalue weighted by Gasteiger charge is 2.11. The zero-order chi connectivity index (χ0) is 14.0. The molecule has 0 radical (unpaired) electrons. The van der Waals surface area contributed by atoms with Gasteiger partial charge in [-0.1, -0.05) is 23.2 Å². The maximum absolute atomic E-state index is 13.1. The van der Waals surface area contributed by atoms with Crippen molar-refractivity contribution in [3.63, 3.8) is 0 Å². The highest BCUT2D eigenvalue weighted by atomic mass is 35.5. The Kier molecular flexibility index (Phi) is 4.27. The summed E-state index contributed by atoms with van der Waals surface area (Å²) in [5.41, 5.74) is 1.11. The van der Waals surface area contributed by atoms with Crippen LogP contribution in [-0.2, 0) is 0 Å². The Hall–Kier alpha value is -1.32. The summed E-state index contributed by atoms with van der Waals surface area (Å²) in [6, 6.07) is 8.12. The molecule has 1 nitrogen and oxygen atoms in total. The van der Waals surface area contributed by atoms with Crippen molar-refractivity contribution in [3.05, 3.63) is 63.6 Å². The van der Waals surface area contributed by atoms with Gasteiger partial charge in [-0.2, -0.15) is 0 Å². The van der Waals surface area contributed by atoms with E-state index in [0.29, 0.717) is 15.7 Å². The van der Waals surface area contributed by atoms with Crippen LogP contribution in [0.1, 0.15) is 18.5 Å². The third-order valence-electron chi connectivity index (χ3n) is 2.67. The van der Waals surface area contributed by atoms with Gasteiger partial charge >= 0.3 is 0 Å². The number of hydrogen-bond acceptors (Lipinski definition) is 1. The van der Waals surface area contributed by atoms with E-state index in [-0.39, 0.29) is 6.04 Å². The lowest BCUT2D eigenvalue weighted by molar-refractivity contribution is 0.583. The first kappa shape index (κ1) is 14.1. The summed E-state index contributed by atoms with van der Waals surface area (Å²) in [6.45, 7) is 1.83. The molecule has 5 heteroatoms. The normalized spacial score (nSPS) is 12.3. The summed E-state index contributed by atoms with van der Waals surface area (Å²) in [5.74, 6) is -1.27. The maximum atomic E-state index is 13.1. The Morgan fingerprint density at radius 3 is 2.26 bits per heavy atom. The molecule has 0 saturated carbocycles. The molecule has 0 bridgehead atoms. The number of halogens is 4. The van der Waals surface area contributed by atoms with Crippen LogP contribution in [0, 0.1) is 11.6 Å². The van der Waals surface area contributed by atoms with Gasteiger partial charge in [0.1, 0.15) is 11.6 Å². The van der Waals surface area contributed by atoms with Crippen molar-refractivity contribution in [1.82, 2.24) is 0 Å². The van der Waals surface area contributed by atoms with E-state index in [1.54, 1.807) is 18.2 Å². The van der Waals surface area contributed by atoms with Gasteiger partial charge in [0.25, 0.3) is 0 Å². The van der Waals surface area contributed by atoms with Gasteiger partial charge in [0.05, 0.1) is 6.04 Å². The lowest BCUT2D eigenvalue weighted by atomic mass is 10.1. The van der Waals surface area contributed by atoms with E-state index in [4.69, 9.17) is 23.2 Å². The summed E-state index contributed by atoms with van der Waals surface area (Å²) in [4.78, 5) is 0. The van der Waals surface area contributed by atoms with Gasteiger partial charge in [-0.15, -0.1) is 0 Å². The molecule has 0 spiro atoms. The zero-order valence-electron chi connectivity index (χ0n) is 10.1. The summed E-state index contributed by atoms with van der Waals surface area (Å²) in [5, 5.41) is 4.08. The molecule has 1 N–H and O–H groups in total. The lowest BCUT2D eigenvalue weighted by Crippen LogP contribution is -2.07. The second-order valence-corrected chi connectivity index (χ2v) is 5.03. The fraction of sp³-hybridized carbons (Fsp3) is 0.143. The van der Waals surface area contributed by atoms with E-state index in [1.165, 1.54) is 12.1 Å². The van der Waals surface area contributed by atoms with Crippen LogP contribution in [0.4, 0.5) is 14.5 Å². The molecule has 2 aromatic rings. The van der Waals surface area contributed by atoms with Gasteiger partial charge in [0.15, 0.2) is 0 Å². The molecule has 0 heterocycles. The summed E-state index contributed by atoms with van der Waals surface area (Å²) >= 11 is 12.0. The van der Waals surface area contributed by atoms with E-state index < -0.39 is 11.6 Å². The molecule has 0 aliphatic carbocycles. The molecule has 2 aromatic carbocycles. The minimum absolute atomic E-state index is 0.229. The maximum Gasteiger partial charge on any atom is 0.128 e. The van der Waals surface area contributed by atoms with Crippen LogP contribution in [0.3, 0.4) is 0 Å². The van der Waals surface area contributed by atoms with Crippen LogP contribution in [0.2, 0.25) is 10.0 Å². The van der Waals surface area contributed by atoms with E-state index in [0.717, 1.165) is 11.6 Å². The van der Waals surface area contributed by atoms with Gasteiger partial charge in [-0.3, -0.25) is 0 Å². The van der Waals surface area contributed by atoms with Crippen molar-refractivity contribution in [2.45, 2.75) is 13.0 Å². The summed E-state index contributed by atoms with van der Waals surface area (Å²) < 4.78 is 26.2. The molecule has 100 valence electrons. The molecule has 0 aliphatic heterocycles. The molecule has 0 amide bonds. The van der Waals surface area contributed by atoms with Crippen molar-refractivity contribution in [1.29, 1.82) is 0 Å². The average molecular weight is 302 g/mol. The molecular weight excluding hydrogens is 291 g/mol. The van der Waals surface area contributed by atoms with Crippen molar-refractivity contribution in [2.75, 3.05) is 5.32 Å². The van der Waals surface area contributed by atoms with E-state index >= 15 is 0 Å². The minimum atomic E-state index is -0.633. The minimum Gasteiger partial charge on any atom is -0.378 e. The largest absolute Gasteiger partial charge is 0.378 e. The van der Waals surface area contributed by atoms with Gasteiger partial charge in [-0.05, 0) is 42.8 Å². The van der Waals surface area contributed by atoms with Crippen LogP contribution in [0.15, 0.2) is 36.4 Å². The SMILES string of the molecule is CC(Nc1cc(F)cc(F)c1)c1cc(Cl)ccc1Cl. The smallest absolute Gasteiger partial charge is 0.128 e. The molecule has 1 unspecified atom stereocenters. The van der Waals surface area contributed by atoms with Crippen LogP contribution in [-0.4, -0.2) is 0 Å². The Morgan fingerprint density at radius 2 is 1.63 bits per heavy atom. The Bertz CT molecular complexity index is 582. The van der Waals surface area contributed by atoms with Gasteiger partial charge in [-0.25, -0.2) is 8.78 Å². The second kappa shape index (κ2) is 5.76. The highest BCUT2D eigenvalue weighted by Crippen LogP contribution is 2.29. The monoisotopic (exact) mass is 301 g/mol. The Morgan fingerprint density at radius 1 is 1.00 bits per heavy atom. The number of hydrogen-bond donors (Lipinski definition) is 1. The van der Waals surface area contributed by atoms with Crippen molar-refractivity contribution >= 4 is 28.9 Å². The summed E-state index contributed by atoms with van der Waals surface area (Å²) in [6.07, 6.45) is 0. The topological polar surface area (TPSA) is 12.0 Å². The zero-order valence-corrected chi connectivity index (χ0v) is 11.6. The predicted octanol–water partition coefficient (Wildman–Crippen LogP) is 5.44. The molecule has 2 rings (SSSR count). The Balaban J connectivity index is 2.25. The molecular formula is C14H11Cl2F2N. The van der Waals surface area contributed by atoms with Crippen LogP contribution in [0.5, 0.6) is 0 Å². The number of nitrogens with one attached hydrogen (secondary N) is 1. The summed E-state index contributed by atoms with van der Waals surface area (Å²) in [7, 11) is 0. The molecule has 0 aliphatic rings. The third kappa shape index (κ3) is 3.58. The Labute approximate surface area is 120 Å². The van der Waals surface area contributed by atoms with Crippen molar-refractivity contribution in [3.8, 4) is 0 Å². The van der Waals surface area contributed by atoms with Crippen molar-refractivity contribution < 1.29 is 8.78 Å². The van der Waals surface area contributed by atoms with Gasteiger partial charge in [0.2, 0.25) is 0 Å². The second-order valence-electron chi connectivity index (χ2n) is 4.19. The first-order valence-electron chi connectivity index (χ1n) is 5.63. The van der Waals surface area contributed by atoms with Crippen LogP contribution < -0.4 is 5.32 Å². The highest BCUT2D eigenvalue weighted by molar-refractivity contribution is 6.33.